The Balaban J connectivity index is 0.996. The van der Waals surface area contributed by atoms with Crippen molar-refractivity contribution >= 4 is 32.7 Å². The van der Waals surface area contributed by atoms with Crippen molar-refractivity contribution < 1.29 is 4.42 Å². The van der Waals surface area contributed by atoms with Crippen molar-refractivity contribution in [2.75, 3.05) is 0 Å². The molecule has 12 rings (SSSR count). The number of benzene rings is 10. The molecular formula is C68H53NO. The van der Waals surface area contributed by atoms with E-state index < -0.39 is 5.41 Å². The van der Waals surface area contributed by atoms with Gasteiger partial charge < -0.3 is 4.42 Å². The average molecular weight is 900 g/mol. The predicted molar refractivity (Wildman–Crippen MR) is 289 cm³/mol. The highest BCUT2D eigenvalue weighted by Gasteiger charge is 2.47. The molecule has 11 aromatic rings. The third kappa shape index (κ3) is 7.60. The first-order valence-corrected chi connectivity index (χ1v) is 24.9. The zero-order valence-electron chi connectivity index (χ0n) is 39.4. The van der Waals surface area contributed by atoms with Gasteiger partial charge in [0.15, 0.2) is 0 Å². The molecule has 0 N–H and O–H groups in total. The summed E-state index contributed by atoms with van der Waals surface area (Å²) in [5, 5.41) is 14.6. The molecular weight excluding hydrogens is 847 g/mol. The van der Waals surface area contributed by atoms with Crippen molar-refractivity contribution in [2.24, 2.45) is 0 Å². The molecule has 3 atom stereocenters. The van der Waals surface area contributed by atoms with E-state index in [1.807, 2.05) is 18.2 Å². The molecule has 0 spiro atoms. The van der Waals surface area contributed by atoms with Crippen LogP contribution in [0.15, 0.2) is 241 Å². The molecule has 0 bridgehead atoms. The van der Waals surface area contributed by atoms with E-state index in [4.69, 9.17) is 4.42 Å². The highest BCUT2D eigenvalue weighted by atomic mass is 16.3. The number of nitriles is 1. The SMILES string of the molecule is CC(c1ccc2c(c1)C(c1ccccc1)(c1ccccc1)c1cc(CCC(Cc3ccc4oc5ccccc5c4c3)c3ccccc3)c3ccccc3c1-2)C(Cc1ccc(C#N)cc1)c1ccccc1. The number of hydrogen-bond acceptors (Lipinski definition) is 2. The monoisotopic (exact) mass is 899 g/mol. The summed E-state index contributed by atoms with van der Waals surface area (Å²) in [4.78, 5) is 0. The normalized spacial score (nSPS) is 13.9. The van der Waals surface area contributed by atoms with Crippen LogP contribution in [-0.4, -0.2) is 0 Å². The zero-order chi connectivity index (χ0) is 47.0. The number of nitrogens with zero attached hydrogens (tertiary/aromatic N) is 1. The van der Waals surface area contributed by atoms with Gasteiger partial charge in [0.25, 0.3) is 0 Å². The smallest absolute Gasteiger partial charge is 0.135 e. The van der Waals surface area contributed by atoms with E-state index in [-0.39, 0.29) is 11.8 Å². The van der Waals surface area contributed by atoms with E-state index in [2.05, 4.69) is 231 Å². The summed E-state index contributed by atoms with van der Waals surface area (Å²) in [7, 11) is 0. The van der Waals surface area contributed by atoms with Gasteiger partial charge in [-0.05, 0) is 151 Å². The predicted octanol–water partition coefficient (Wildman–Crippen LogP) is 17.1. The van der Waals surface area contributed by atoms with Crippen LogP contribution in [0.3, 0.4) is 0 Å². The van der Waals surface area contributed by atoms with Gasteiger partial charge in [-0.3, -0.25) is 0 Å². The number of rotatable bonds is 13. The van der Waals surface area contributed by atoms with E-state index in [1.54, 1.807) is 0 Å². The van der Waals surface area contributed by atoms with Crippen LogP contribution in [0.1, 0.15) is 92.3 Å². The maximum absolute atomic E-state index is 9.58. The van der Waals surface area contributed by atoms with Crippen molar-refractivity contribution in [1.29, 1.82) is 5.26 Å². The summed E-state index contributed by atoms with van der Waals surface area (Å²) in [5.74, 6) is 0.705. The zero-order valence-corrected chi connectivity index (χ0v) is 39.4. The van der Waals surface area contributed by atoms with Crippen LogP contribution >= 0.6 is 0 Å². The lowest BCUT2D eigenvalue weighted by atomic mass is 9.66. The molecule has 0 amide bonds. The van der Waals surface area contributed by atoms with E-state index in [1.165, 1.54) is 88.3 Å². The molecule has 1 aliphatic carbocycles. The molecule has 1 heterocycles. The lowest BCUT2D eigenvalue weighted by Gasteiger charge is -2.35. The van der Waals surface area contributed by atoms with Crippen molar-refractivity contribution in [1.82, 2.24) is 0 Å². The van der Waals surface area contributed by atoms with Crippen molar-refractivity contribution in [3.05, 3.63) is 298 Å². The lowest BCUT2D eigenvalue weighted by molar-refractivity contribution is 0.571. The second-order valence-corrected chi connectivity index (χ2v) is 19.4. The Morgan fingerprint density at radius 3 is 1.74 bits per heavy atom. The van der Waals surface area contributed by atoms with Crippen LogP contribution in [0.2, 0.25) is 0 Å². The second-order valence-electron chi connectivity index (χ2n) is 19.4. The summed E-state index contributed by atoms with van der Waals surface area (Å²) in [6.45, 7) is 2.41. The molecule has 0 fully saturated rings. The summed E-state index contributed by atoms with van der Waals surface area (Å²) in [6, 6.07) is 89.5. The number of furan rings is 1. The van der Waals surface area contributed by atoms with Gasteiger partial charge >= 0.3 is 0 Å². The van der Waals surface area contributed by atoms with Gasteiger partial charge in [-0.1, -0.05) is 213 Å². The maximum atomic E-state index is 9.58. The Kier molecular flexibility index (Phi) is 11.3. The third-order valence-corrected chi connectivity index (χ3v) is 15.5. The van der Waals surface area contributed by atoms with Crippen molar-refractivity contribution in [2.45, 2.75) is 55.8 Å². The maximum Gasteiger partial charge on any atom is 0.135 e. The Bertz CT molecular complexity index is 3640. The van der Waals surface area contributed by atoms with Gasteiger partial charge in [-0.25, -0.2) is 0 Å². The third-order valence-electron chi connectivity index (χ3n) is 15.5. The fourth-order valence-corrected chi connectivity index (χ4v) is 12.0. The molecule has 3 unspecified atom stereocenters. The molecule has 0 aliphatic heterocycles. The Morgan fingerprint density at radius 2 is 1.06 bits per heavy atom. The lowest BCUT2D eigenvalue weighted by Crippen LogP contribution is -2.29. The Labute approximate surface area is 411 Å². The molecule has 2 nitrogen and oxygen atoms in total. The standard InChI is InChI=1S/C68H53NO/c1-46(61(51-20-8-3-9-21-51)41-47-30-32-48(45-69)33-31-47)52-37-38-60-63(43-52)68(55-22-10-4-11-23-55,56-24-12-5-13-25-56)64-44-54(57-26-14-15-28-59(57)67(60)64)36-35-53(50-18-6-2-7-19-50)40-49-34-39-66-62(42-49)58-27-16-17-29-65(58)70-66/h2-34,37-39,42-44,46,53,61H,35-36,40-41H2,1H3. The second kappa shape index (κ2) is 18.3. The van der Waals surface area contributed by atoms with Crippen LogP contribution in [-0.2, 0) is 24.7 Å². The molecule has 70 heavy (non-hydrogen) atoms. The number of para-hydroxylation sites is 1. The van der Waals surface area contributed by atoms with Gasteiger partial charge in [-0.15, -0.1) is 0 Å². The summed E-state index contributed by atoms with van der Waals surface area (Å²) in [5.41, 5.74) is 17.8. The van der Waals surface area contributed by atoms with E-state index in [0.29, 0.717) is 11.5 Å². The quantitative estimate of drug-likeness (QED) is 0.116. The molecule has 0 radical (unpaired) electrons. The Hall–Kier alpha value is -8.25. The van der Waals surface area contributed by atoms with Crippen LogP contribution in [0.5, 0.6) is 0 Å². The van der Waals surface area contributed by atoms with Crippen LogP contribution < -0.4 is 0 Å². The summed E-state index contributed by atoms with van der Waals surface area (Å²) < 4.78 is 6.25. The van der Waals surface area contributed by atoms with E-state index in [0.717, 1.165) is 36.8 Å². The number of hydrogen-bond donors (Lipinski definition) is 0. The van der Waals surface area contributed by atoms with E-state index in [9.17, 15) is 5.26 Å². The largest absolute Gasteiger partial charge is 0.456 e. The Morgan fingerprint density at radius 1 is 0.471 bits per heavy atom. The van der Waals surface area contributed by atoms with Gasteiger partial charge in [0, 0.05) is 10.8 Å². The van der Waals surface area contributed by atoms with Crippen LogP contribution in [0.25, 0.3) is 43.8 Å². The molecule has 336 valence electrons. The minimum atomic E-state index is -0.571. The van der Waals surface area contributed by atoms with Crippen LogP contribution in [0, 0.1) is 11.3 Å². The molecule has 2 heteroatoms. The van der Waals surface area contributed by atoms with E-state index >= 15 is 0 Å². The minimum Gasteiger partial charge on any atom is -0.456 e. The topological polar surface area (TPSA) is 36.9 Å². The van der Waals surface area contributed by atoms with Gasteiger partial charge in [0.2, 0.25) is 0 Å². The molecule has 0 saturated heterocycles. The highest BCUT2D eigenvalue weighted by Crippen LogP contribution is 2.59. The fourth-order valence-electron chi connectivity index (χ4n) is 12.0. The molecule has 10 aromatic carbocycles. The molecule has 1 aliphatic rings. The van der Waals surface area contributed by atoms with Crippen LogP contribution in [0.4, 0.5) is 0 Å². The van der Waals surface area contributed by atoms with Crippen molar-refractivity contribution in [3.8, 4) is 17.2 Å². The number of fused-ring (bicyclic) bond motifs is 8. The van der Waals surface area contributed by atoms with Gasteiger partial charge in [-0.2, -0.15) is 5.26 Å². The molecule has 1 aromatic heterocycles. The number of aryl methyl sites for hydroxylation is 1. The first-order chi connectivity index (χ1) is 34.6. The summed E-state index contributed by atoms with van der Waals surface area (Å²) in [6.07, 6.45) is 3.72. The van der Waals surface area contributed by atoms with Crippen molar-refractivity contribution in [3.63, 3.8) is 0 Å². The fraction of sp³-hybridized carbons (Fsp3) is 0.132. The minimum absolute atomic E-state index is 0.187. The summed E-state index contributed by atoms with van der Waals surface area (Å²) >= 11 is 0. The first-order valence-electron chi connectivity index (χ1n) is 24.9. The highest BCUT2D eigenvalue weighted by molar-refractivity contribution is 6.06. The molecule has 0 saturated carbocycles. The average Bonchev–Trinajstić information content (AvgIpc) is 3.95. The first kappa shape index (κ1) is 43.1. The van der Waals surface area contributed by atoms with Gasteiger partial charge in [0.05, 0.1) is 17.0 Å². The van der Waals surface area contributed by atoms with Gasteiger partial charge in [0.1, 0.15) is 11.2 Å².